The molecule has 17 heavy (non-hydrogen) atoms. The molecule has 2 rings (SSSR count). The maximum Gasteiger partial charge on any atom is 0.123 e. The topological polar surface area (TPSA) is 15.3 Å². The predicted molar refractivity (Wildman–Crippen MR) is 68.4 cm³/mol. The van der Waals surface area contributed by atoms with Crippen LogP contribution in [-0.2, 0) is 6.54 Å². The summed E-state index contributed by atoms with van der Waals surface area (Å²) in [5, 5.41) is 3.47. The van der Waals surface area contributed by atoms with Crippen LogP contribution in [0.3, 0.4) is 0 Å². The van der Waals surface area contributed by atoms with E-state index in [1.807, 2.05) is 12.1 Å². The first kappa shape index (κ1) is 12.5. The fourth-order valence-electron chi connectivity index (χ4n) is 2.38. The van der Waals surface area contributed by atoms with E-state index in [1.54, 1.807) is 0 Å². The summed E-state index contributed by atoms with van der Waals surface area (Å²) in [6, 6.07) is 7.41. The molecule has 1 fully saturated rings. The quantitative estimate of drug-likeness (QED) is 0.867. The Labute approximate surface area is 103 Å². The molecule has 0 aromatic heterocycles. The number of hydrogen-bond acceptors (Lipinski definition) is 2. The van der Waals surface area contributed by atoms with Gasteiger partial charge in [-0.15, -0.1) is 0 Å². The maximum absolute atomic E-state index is 12.8. The smallest absolute Gasteiger partial charge is 0.123 e. The van der Waals surface area contributed by atoms with Crippen LogP contribution in [-0.4, -0.2) is 31.1 Å². The van der Waals surface area contributed by atoms with Crippen molar-refractivity contribution in [3.63, 3.8) is 0 Å². The molecular weight excluding hydrogens is 215 g/mol. The van der Waals surface area contributed by atoms with Gasteiger partial charge in [-0.1, -0.05) is 18.6 Å². The lowest BCUT2D eigenvalue weighted by Gasteiger charge is -2.27. The Balaban J connectivity index is 1.90. The van der Waals surface area contributed by atoms with Crippen molar-refractivity contribution in [3.8, 4) is 0 Å². The number of nitrogens with one attached hydrogen (secondary N) is 1. The average Bonchev–Trinajstić information content (AvgIpc) is 2.61. The van der Waals surface area contributed by atoms with Crippen LogP contribution in [0.1, 0.15) is 24.8 Å². The SMILES string of the molecule is CN(Cc1ccc(F)cc1)C1CCCCNC1. The molecular formula is C14H21FN2. The highest BCUT2D eigenvalue weighted by atomic mass is 19.1. The van der Waals surface area contributed by atoms with Gasteiger partial charge in [-0.05, 0) is 44.1 Å². The largest absolute Gasteiger partial charge is 0.315 e. The van der Waals surface area contributed by atoms with Gasteiger partial charge in [0.15, 0.2) is 0 Å². The summed E-state index contributed by atoms with van der Waals surface area (Å²) in [5.41, 5.74) is 1.18. The van der Waals surface area contributed by atoms with Crippen LogP contribution in [0.25, 0.3) is 0 Å². The van der Waals surface area contributed by atoms with Gasteiger partial charge in [0.05, 0.1) is 0 Å². The molecule has 0 spiro atoms. The number of rotatable bonds is 3. The van der Waals surface area contributed by atoms with Gasteiger partial charge in [0, 0.05) is 19.1 Å². The van der Waals surface area contributed by atoms with Gasteiger partial charge in [0.2, 0.25) is 0 Å². The third-order valence-corrected chi connectivity index (χ3v) is 3.49. The Morgan fingerprint density at radius 3 is 2.82 bits per heavy atom. The Bertz CT molecular complexity index is 329. The first-order chi connectivity index (χ1) is 8.25. The summed E-state index contributed by atoms with van der Waals surface area (Å²) in [7, 11) is 2.15. The minimum atomic E-state index is -0.160. The molecule has 1 aliphatic rings. The van der Waals surface area contributed by atoms with Gasteiger partial charge in [-0.2, -0.15) is 0 Å². The number of nitrogens with zero attached hydrogens (tertiary/aromatic N) is 1. The Morgan fingerprint density at radius 2 is 2.06 bits per heavy atom. The fourth-order valence-corrected chi connectivity index (χ4v) is 2.38. The van der Waals surface area contributed by atoms with E-state index >= 15 is 0 Å². The number of benzene rings is 1. The lowest BCUT2D eigenvalue weighted by molar-refractivity contribution is 0.222. The van der Waals surface area contributed by atoms with Crippen LogP contribution in [0.4, 0.5) is 4.39 Å². The highest BCUT2D eigenvalue weighted by Gasteiger charge is 2.16. The van der Waals surface area contributed by atoms with Crippen LogP contribution < -0.4 is 5.32 Å². The van der Waals surface area contributed by atoms with Crippen molar-refractivity contribution < 1.29 is 4.39 Å². The van der Waals surface area contributed by atoms with Crippen molar-refractivity contribution in [2.45, 2.75) is 31.8 Å². The second-order valence-electron chi connectivity index (χ2n) is 4.90. The summed E-state index contributed by atoms with van der Waals surface area (Å²) >= 11 is 0. The molecule has 1 unspecified atom stereocenters. The first-order valence-electron chi connectivity index (χ1n) is 6.41. The van der Waals surface area contributed by atoms with Crippen molar-refractivity contribution in [2.75, 3.05) is 20.1 Å². The monoisotopic (exact) mass is 236 g/mol. The van der Waals surface area contributed by atoms with Crippen LogP contribution >= 0.6 is 0 Å². The van der Waals surface area contributed by atoms with Crippen molar-refractivity contribution in [2.24, 2.45) is 0 Å². The second-order valence-corrected chi connectivity index (χ2v) is 4.90. The summed E-state index contributed by atoms with van der Waals surface area (Å²) in [4.78, 5) is 2.37. The van der Waals surface area contributed by atoms with Crippen LogP contribution in [0.2, 0.25) is 0 Å². The standard InChI is InChI=1S/C14H21FN2/c1-17(14-4-2-3-9-16-10-14)11-12-5-7-13(15)8-6-12/h5-8,14,16H,2-4,9-11H2,1H3. The van der Waals surface area contributed by atoms with E-state index in [0.717, 1.165) is 19.6 Å². The third-order valence-electron chi connectivity index (χ3n) is 3.49. The predicted octanol–water partition coefficient (Wildman–Crippen LogP) is 2.40. The molecule has 3 heteroatoms. The van der Waals surface area contributed by atoms with Crippen LogP contribution in [0.15, 0.2) is 24.3 Å². The van der Waals surface area contributed by atoms with Gasteiger partial charge in [0.1, 0.15) is 5.82 Å². The zero-order valence-electron chi connectivity index (χ0n) is 10.5. The maximum atomic E-state index is 12.8. The normalized spacial score (nSPS) is 21.5. The lowest BCUT2D eigenvalue weighted by atomic mass is 10.1. The Kier molecular flexibility index (Phi) is 4.51. The molecule has 1 atom stereocenters. The minimum Gasteiger partial charge on any atom is -0.315 e. The van der Waals surface area contributed by atoms with Gasteiger partial charge < -0.3 is 5.32 Å². The molecule has 1 aliphatic heterocycles. The number of halogens is 1. The van der Waals surface area contributed by atoms with Crippen molar-refractivity contribution in [1.29, 1.82) is 0 Å². The van der Waals surface area contributed by atoms with E-state index in [-0.39, 0.29) is 5.82 Å². The molecule has 1 aromatic rings. The summed E-state index contributed by atoms with van der Waals surface area (Å²) < 4.78 is 12.8. The van der Waals surface area contributed by atoms with E-state index in [2.05, 4.69) is 17.3 Å². The molecule has 2 nitrogen and oxygen atoms in total. The van der Waals surface area contributed by atoms with E-state index in [1.165, 1.54) is 37.0 Å². The third kappa shape index (κ3) is 3.79. The first-order valence-corrected chi connectivity index (χ1v) is 6.41. The zero-order valence-corrected chi connectivity index (χ0v) is 10.5. The molecule has 0 saturated carbocycles. The fraction of sp³-hybridized carbons (Fsp3) is 0.571. The van der Waals surface area contributed by atoms with Gasteiger partial charge >= 0.3 is 0 Å². The van der Waals surface area contributed by atoms with Crippen LogP contribution in [0.5, 0.6) is 0 Å². The van der Waals surface area contributed by atoms with Gasteiger partial charge in [0.25, 0.3) is 0 Å². The highest BCUT2D eigenvalue weighted by Crippen LogP contribution is 2.13. The zero-order chi connectivity index (χ0) is 12.1. The molecule has 0 bridgehead atoms. The van der Waals surface area contributed by atoms with E-state index < -0.39 is 0 Å². The molecule has 0 amide bonds. The Hall–Kier alpha value is -0.930. The van der Waals surface area contributed by atoms with Crippen molar-refractivity contribution in [1.82, 2.24) is 10.2 Å². The van der Waals surface area contributed by atoms with Crippen molar-refractivity contribution >= 4 is 0 Å². The highest BCUT2D eigenvalue weighted by molar-refractivity contribution is 5.15. The lowest BCUT2D eigenvalue weighted by Crippen LogP contribution is -2.38. The molecule has 0 aliphatic carbocycles. The summed E-state index contributed by atoms with van der Waals surface area (Å²) in [6.45, 7) is 3.10. The summed E-state index contributed by atoms with van der Waals surface area (Å²) in [6.07, 6.45) is 3.83. The van der Waals surface area contributed by atoms with Gasteiger partial charge in [-0.25, -0.2) is 4.39 Å². The second kappa shape index (κ2) is 6.12. The van der Waals surface area contributed by atoms with E-state index in [4.69, 9.17) is 0 Å². The number of hydrogen-bond donors (Lipinski definition) is 1. The summed E-state index contributed by atoms with van der Waals surface area (Å²) in [5.74, 6) is -0.160. The Morgan fingerprint density at radius 1 is 1.29 bits per heavy atom. The molecule has 1 aromatic carbocycles. The molecule has 1 saturated heterocycles. The minimum absolute atomic E-state index is 0.160. The van der Waals surface area contributed by atoms with Crippen LogP contribution in [0, 0.1) is 5.82 Å². The number of likely N-dealkylation sites (N-methyl/N-ethyl adjacent to an activating group) is 1. The van der Waals surface area contributed by atoms with Crippen molar-refractivity contribution in [3.05, 3.63) is 35.6 Å². The molecule has 0 radical (unpaired) electrons. The van der Waals surface area contributed by atoms with E-state index in [0.29, 0.717) is 6.04 Å². The molecule has 1 N–H and O–H groups in total. The molecule has 94 valence electrons. The molecule has 1 heterocycles. The van der Waals surface area contributed by atoms with E-state index in [9.17, 15) is 4.39 Å². The average molecular weight is 236 g/mol. The van der Waals surface area contributed by atoms with Gasteiger partial charge in [-0.3, -0.25) is 4.90 Å².